The SMILES string of the molecule is [2H]C([2H])([2H])c1ccc(-c2c(C)ccc3c2c2cccc4c5ccccc5n3c42)[n+](C)c1. The molecule has 0 aliphatic heterocycles. The van der Waals surface area contributed by atoms with Crippen LogP contribution < -0.4 is 4.57 Å². The number of benzene rings is 3. The standard InChI is InChI=1S/C26H21N2/c1-16-11-13-22(27(3)15-16)24-17(2)12-14-23-25(24)20-9-6-8-19-18-7-4-5-10-21(18)28(23)26(19)20/h4-15H,1-3H3/q+1/i1D3. The van der Waals surface area contributed by atoms with Gasteiger partial charge in [-0.2, -0.15) is 0 Å². The third-order valence-electron chi connectivity index (χ3n) is 5.99. The van der Waals surface area contributed by atoms with Gasteiger partial charge in [-0.15, -0.1) is 0 Å². The lowest BCUT2D eigenvalue weighted by Crippen LogP contribution is -2.31. The van der Waals surface area contributed by atoms with E-state index in [9.17, 15) is 0 Å². The summed E-state index contributed by atoms with van der Waals surface area (Å²) in [4.78, 5) is 0. The number of rotatable bonds is 1. The van der Waals surface area contributed by atoms with Gasteiger partial charge in [0.2, 0.25) is 5.69 Å². The number of nitrogens with zero attached hydrogens (tertiary/aromatic N) is 2. The molecule has 3 heterocycles. The van der Waals surface area contributed by atoms with E-state index in [4.69, 9.17) is 4.11 Å². The zero-order valence-electron chi connectivity index (χ0n) is 18.8. The third kappa shape index (κ3) is 1.85. The molecule has 0 fully saturated rings. The fourth-order valence-electron chi connectivity index (χ4n) is 4.82. The number of aryl methyl sites for hydroxylation is 3. The molecular weight excluding hydrogens is 340 g/mol. The zero-order valence-corrected chi connectivity index (χ0v) is 15.8. The van der Waals surface area contributed by atoms with Crippen LogP contribution in [-0.4, -0.2) is 4.40 Å². The third-order valence-corrected chi connectivity index (χ3v) is 5.99. The van der Waals surface area contributed by atoms with Gasteiger partial charge in [0.25, 0.3) is 0 Å². The van der Waals surface area contributed by atoms with Gasteiger partial charge in [-0.05, 0) is 37.5 Å². The fourth-order valence-corrected chi connectivity index (χ4v) is 4.82. The highest BCUT2D eigenvalue weighted by Crippen LogP contribution is 2.42. The van der Waals surface area contributed by atoms with Crippen LogP contribution in [0.3, 0.4) is 0 Å². The molecule has 3 aromatic heterocycles. The molecule has 2 nitrogen and oxygen atoms in total. The molecule has 0 N–H and O–H groups in total. The van der Waals surface area contributed by atoms with Crippen molar-refractivity contribution in [1.29, 1.82) is 0 Å². The fraction of sp³-hybridized carbons (Fsp3) is 0.115. The molecule has 0 aliphatic rings. The van der Waals surface area contributed by atoms with Gasteiger partial charge in [0.05, 0.1) is 22.1 Å². The molecule has 134 valence electrons. The Morgan fingerprint density at radius 1 is 0.821 bits per heavy atom. The van der Waals surface area contributed by atoms with Gasteiger partial charge in [-0.25, -0.2) is 4.57 Å². The maximum Gasteiger partial charge on any atom is 0.213 e. The molecule has 0 unspecified atom stereocenters. The number of pyridine rings is 1. The van der Waals surface area contributed by atoms with Crippen LogP contribution in [0.25, 0.3) is 49.4 Å². The summed E-state index contributed by atoms with van der Waals surface area (Å²) < 4.78 is 27.5. The Hall–Kier alpha value is -3.39. The summed E-state index contributed by atoms with van der Waals surface area (Å²) in [6, 6.07) is 23.1. The first-order valence-electron chi connectivity index (χ1n) is 11.0. The van der Waals surface area contributed by atoms with E-state index in [1.54, 1.807) is 12.3 Å². The largest absolute Gasteiger partial charge is 0.308 e. The van der Waals surface area contributed by atoms with Crippen LogP contribution in [0.1, 0.15) is 15.2 Å². The molecule has 0 radical (unpaired) electrons. The van der Waals surface area contributed by atoms with E-state index in [2.05, 4.69) is 65.9 Å². The molecule has 28 heavy (non-hydrogen) atoms. The van der Waals surface area contributed by atoms with Crippen molar-refractivity contribution in [3.63, 3.8) is 0 Å². The molecule has 0 spiro atoms. The quantitative estimate of drug-likeness (QED) is 0.319. The number of para-hydroxylation sites is 2. The van der Waals surface area contributed by atoms with Gasteiger partial charge >= 0.3 is 0 Å². The van der Waals surface area contributed by atoms with Crippen LogP contribution in [-0.2, 0) is 7.05 Å². The minimum absolute atomic E-state index is 0.350. The maximum atomic E-state index is 7.75. The molecule has 0 saturated heterocycles. The van der Waals surface area contributed by atoms with Gasteiger partial charge in [0.15, 0.2) is 6.20 Å². The number of hydrogen-bond donors (Lipinski definition) is 0. The first kappa shape index (κ1) is 12.9. The van der Waals surface area contributed by atoms with Crippen molar-refractivity contribution in [3.8, 4) is 11.3 Å². The average Bonchev–Trinajstić information content (AvgIpc) is 3.25. The van der Waals surface area contributed by atoms with Crippen LogP contribution in [0, 0.1) is 13.8 Å². The Bertz CT molecular complexity index is 1640. The molecule has 6 rings (SSSR count). The smallest absolute Gasteiger partial charge is 0.213 e. The first-order chi connectivity index (χ1) is 14.9. The molecule has 0 aliphatic carbocycles. The second kappa shape index (κ2) is 5.32. The summed E-state index contributed by atoms with van der Waals surface area (Å²) in [5, 5.41) is 4.96. The van der Waals surface area contributed by atoms with Crippen LogP contribution in [0.15, 0.2) is 72.9 Å². The van der Waals surface area contributed by atoms with E-state index in [0.717, 1.165) is 11.3 Å². The predicted octanol–water partition coefficient (Wildman–Crippen LogP) is 5.95. The summed E-state index contributed by atoms with van der Waals surface area (Å²) in [5.74, 6) is 0. The van der Waals surface area contributed by atoms with E-state index in [0.29, 0.717) is 5.56 Å². The molecule has 0 bridgehead atoms. The summed E-state index contributed by atoms with van der Waals surface area (Å²) in [5.41, 5.74) is 7.30. The van der Waals surface area contributed by atoms with E-state index in [1.807, 2.05) is 17.7 Å². The van der Waals surface area contributed by atoms with Crippen LogP contribution in [0.2, 0.25) is 0 Å². The Labute approximate surface area is 167 Å². The normalized spacial score (nSPS) is 14.1. The summed E-state index contributed by atoms with van der Waals surface area (Å²) >= 11 is 0. The number of aromatic nitrogens is 2. The lowest BCUT2D eigenvalue weighted by molar-refractivity contribution is -0.660. The summed E-state index contributed by atoms with van der Waals surface area (Å²) in [6.45, 7) is 0.00595. The van der Waals surface area contributed by atoms with Crippen molar-refractivity contribution < 1.29 is 8.68 Å². The molecule has 0 amide bonds. The van der Waals surface area contributed by atoms with E-state index < -0.39 is 6.85 Å². The minimum Gasteiger partial charge on any atom is -0.308 e. The second-order valence-corrected chi connectivity index (χ2v) is 7.62. The monoisotopic (exact) mass is 364 g/mol. The topological polar surface area (TPSA) is 8.29 Å². The van der Waals surface area contributed by atoms with Crippen LogP contribution in [0.4, 0.5) is 0 Å². The summed E-state index contributed by atoms with van der Waals surface area (Å²) in [7, 11) is 1.93. The van der Waals surface area contributed by atoms with Crippen LogP contribution in [0.5, 0.6) is 0 Å². The van der Waals surface area contributed by atoms with Crippen molar-refractivity contribution in [1.82, 2.24) is 4.40 Å². The van der Waals surface area contributed by atoms with Crippen molar-refractivity contribution >= 4 is 38.1 Å². The van der Waals surface area contributed by atoms with Gasteiger partial charge in [0.1, 0.15) is 7.05 Å². The highest BCUT2D eigenvalue weighted by atomic mass is 14.9. The Morgan fingerprint density at radius 3 is 2.50 bits per heavy atom. The molecule has 0 saturated carbocycles. The molecule has 2 heteroatoms. The zero-order chi connectivity index (χ0) is 21.5. The minimum atomic E-state index is -2.12. The number of fused-ring (bicyclic) bond motifs is 6. The molecule has 0 atom stereocenters. The second-order valence-electron chi connectivity index (χ2n) is 7.62. The summed E-state index contributed by atoms with van der Waals surface area (Å²) in [6.07, 6.45) is 1.73. The van der Waals surface area contributed by atoms with Crippen molar-refractivity contribution in [2.75, 3.05) is 0 Å². The highest BCUT2D eigenvalue weighted by Gasteiger charge is 2.23. The van der Waals surface area contributed by atoms with Gasteiger partial charge in [0, 0.05) is 37.3 Å². The van der Waals surface area contributed by atoms with Gasteiger partial charge < -0.3 is 4.40 Å². The molecule has 6 aromatic rings. The van der Waals surface area contributed by atoms with Crippen molar-refractivity contribution in [3.05, 3.63) is 84.1 Å². The molecule has 3 aromatic carbocycles. The lowest BCUT2D eigenvalue weighted by Gasteiger charge is -2.08. The Kier molecular flexibility index (Phi) is 2.45. The lowest BCUT2D eigenvalue weighted by atomic mass is 9.97. The average molecular weight is 364 g/mol. The highest BCUT2D eigenvalue weighted by molar-refractivity contribution is 6.25. The van der Waals surface area contributed by atoms with Gasteiger partial charge in [-0.3, -0.25) is 0 Å². The van der Waals surface area contributed by atoms with E-state index in [1.165, 1.54) is 43.7 Å². The predicted molar refractivity (Wildman–Crippen MR) is 117 cm³/mol. The van der Waals surface area contributed by atoms with Crippen molar-refractivity contribution in [2.45, 2.75) is 13.8 Å². The maximum absolute atomic E-state index is 7.75. The van der Waals surface area contributed by atoms with Crippen LogP contribution >= 0.6 is 0 Å². The van der Waals surface area contributed by atoms with E-state index >= 15 is 0 Å². The molecular formula is C26H21N2+. The number of hydrogen-bond acceptors (Lipinski definition) is 0. The Balaban J connectivity index is 1.79. The Morgan fingerprint density at radius 2 is 1.64 bits per heavy atom. The van der Waals surface area contributed by atoms with E-state index in [-0.39, 0.29) is 0 Å². The van der Waals surface area contributed by atoms with Gasteiger partial charge in [-0.1, -0.05) is 42.5 Å². The first-order valence-corrected chi connectivity index (χ1v) is 9.53. The van der Waals surface area contributed by atoms with Crippen molar-refractivity contribution in [2.24, 2.45) is 7.05 Å².